The Kier molecular flexibility index (Phi) is 3.88. The summed E-state index contributed by atoms with van der Waals surface area (Å²) in [6, 6.07) is 12.6. The van der Waals surface area contributed by atoms with Crippen LogP contribution in [0.3, 0.4) is 0 Å². The third kappa shape index (κ3) is 2.51. The van der Waals surface area contributed by atoms with Crippen LogP contribution >= 0.6 is 11.3 Å². The molecule has 0 bridgehead atoms. The number of aryl methyl sites for hydroxylation is 1. The van der Waals surface area contributed by atoms with Crippen LogP contribution in [0.2, 0.25) is 0 Å². The van der Waals surface area contributed by atoms with Crippen molar-refractivity contribution in [2.24, 2.45) is 4.99 Å². The second-order valence-electron chi connectivity index (χ2n) is 5.02. The largest absolute Gasteiger partial charge is 0.317 e. The molecular formula is C17H18N2OS. The lowest BCUT2D eigenvalue weighted by Gasteiger charge is -2.02. The topological polar surface area (TPSA) is 34.4 Å². The highest BCUT2D eigenvalue weighted by Gasteiger charge is 2.09. The van der Waals surface area contributed by atoms with E-state index in [9.17, 15) is 4.79 Å². The van der Waals surface area contributed by atoms with Crippen LogP contribution in [-0.2, 0) is 11.3 Å². The minimum atomic E-state index is -0.0319. The summed E-state index contributed by atoms with van der Waals surface area (Å²) in [5, 5.41) is 2.45. The van der Waals surface area contributed by atoms with Gasteiger partial charge in [0.2, 0.25) is 5.91 Å². The van der Waals surface area contributed by atoms with E-state index in [0.29, 0.717) is 6.42 Å². The molecule has 0 N–H and O–H groups in total. The molecule has 3 rings (SSSR count). The summed E-state index contributed by atoms with van der Waals surface area (Å²) < 4.78 is 3.33. The lowest BCUT2D eigenvalue weighted by molar-refractivity contribution is -0.118. The number of nitrogens with zero attached hydrogens (tertiary/aromatic N) is 2. The quantitative estimate of drug-likeness (QED) is 0.716. The average Bonchev–Trinajstić information content (AvgIpc) is 2.84. The maximum Gasteiger partial charge on any atom is 0.248 e. The van der Waals surface area contributed by atoms with Crippen LogP contribution < -0.4 is 4.80 Å². The number of fused-ring (bicyclic) bond motifs is 3. The summed E-state index contributed by atoms with van der Waals surface area (Å²) >= 11 is 1.61. The molecule has 0 saturated heterocycles. The summed E-state index contributed by atoms with van der Waals surface area (Å²) in [7, 11) is 0. The zero-order valence-electron chi connectivity index (χ0n) is 12.3. The molecule has 21 heavy (non-hydrogen) atoms. The molecule has 1 heterocycles. The molecular weight excluding hydrogens is 280 g/mol. The van der Waals surface area contributed by atoms with Crippen molar-refractivity contribution in [1.82, 2.24) is 4.57 Å². The number of hydrogen-bond donors (Lipinski definition) is 0. The predicted molar refractivity (Wildman–Crippen MR) is 88.5 cm³/mol. The van der Waals surface area contributed by atoms with Crippen molar-refractivity contribution in [2.75, 3.05) is 0 Å². The summed E-state index contributed by atoms with van der Waals surface area (Å²) in [5.41, 5.74) is 1.16. The summed E-state index contributed by atoms with van der Waals surface area (Å²) in [6.45, 7) is 4.90. The molecule has 0 spiro atoms. The molecule has 0 radical (unpaired) electrons. The molecule has 0 saturated carbocycles. The second kappa shape index (κ2) is 5.82. The van der Waals surface area contributed by atoms with Crippen molar-refractivity contribution in [3.8, 4) is 0 Å². The first-order chi connectivity index (χ1) is 10.2. The normalized spacial score (nSPS) is 12.4. The van der Waals surface area contributed by atoms with Gasteiger partial charge >= 0.3 is 0 Å². The summed E-state index contributed by atoms with van der Waals surface area (Å²) in [5.74, 6) is -0.0319. The number of thiazole rings is 1. The molecule has 0 atom stereocenters. The first kappa shape index (κ1) is 14.0. The Morgan fingerprint density at radius 2 is 2.00 bits per heavy atom. The van der Waals surface area contributed by atoms with Gasteiger partial charge in [0.05, 0.1) is 10.2 Å². The van der Waals surface area contributed by atoms with Crippen molar-refractivity contribution >= 4 is 38.2 Å². The van der Waals surface area contributed by atoms with Gasteiger partial charge in [0.15, 0.2) is 4.80 Å². The van der Waals surface area contributed by atoms with Gasteiger partial charge < -0.3 is 4.57 Å². The highest BCUT2D eigenvalue weighted by Crippen LogP contribution is 2.27. The molecule has 0 aliphatic rings. The molecule has 1 amide bonds. The fourth-order valence-corrected chi connectivity index (χ4v) is 3.81. The molecule has 0 aliphatic carbocycles. The lowest BCUT2D eigenvalue weighted by atomic mass is 10.1. The molecule has 108 valence electrons. The highest BCUT2D eigenvalue weighted by atomic mass is 32.1. The van der Waals surface area contributed by atoms with Crippen molar-refractivity contribution < 1.29 is 4.79 Å². The van der Waals surface area contributed by atoms with E-state index in [1.165, 1.54) is 15.5 Å². The molecule has 3 aromatic rings. The molecule has 1 aromatic heterocycles. The number of rotatable bonds is 3. The number of benzene rings is 2. The van der Waals surface area contributed by atoms with Crippen LogP contribution in [0.15, 0.2) is 41.4 Å². The first-order valence-corrected chi connectivity index (χ1v) is 8.15. The zero-order valence-corrected chi connectivity index (χ0v) is 13.1. The van der Waals surface area contributed by atoms with Crippen molar-refractivity contribution in [3.63, 3.8) is 0 Å². The predicted octanol–water partition coefficient (Wildman–Crippen LogP) is 4.10. The highest BCUT2D eigenvalue weighted by molar-refractivity contribution is 7.17. The Morgan fingerprint density at radius 3 is 2.76 bits per heavy atom. The standard InChI is InChI=1S/C17H18N2OS/c1-3-7-15(20)18-17-19(4-2)14-11-10-12-8-5-6-9-13(12)16(14)21-17/h5-6,8-11H,3-4,7H2,1-2H3. The fraction of sp³-hybridized carbons (Fsp3) is 0.294. The number of amides is 1. The van der Waals surface area contributed by atoms with Crippen LogP contribution in [0.25, 0.3) is 21.0 Å². The second-order valence-corrected chi connectivity index (χ2v) is 6.00. The lowest BCUT2D eigenvalue weighted by Crippen LogP contribution is -2.15. The molecule has 0 aliphatic heterocycles. The minimum absolute atomic E-state index is 0.0319. The average molecular weight is 298 g/mol. The Hall–Kier alpha value is -1.94. The molecule has 0 unspecified atom stereocenters. The van der Waals surface area contributed by atoms with Crippen LogP contribution in [0.5, 0.6) is 0 Å². The van der Waals surface area contributed by atoms with Gasteiger partial charge in [-0.3, -0.25) is 4.79 Å². The monoisotopic (exact) mass is 298 g/mol. The Balaban J connectivity index is 2.31. The van der Waals surface area contributed by atoms with E-state index in [2.05, 4.69) is 46.8 Å². The van der Waals surface area contributed by atoms with Gasteiger partial charge in [0.1, 0.15) is 0 Å². The van der Waals surface area contributed by atoms with Gasteiger partial charge in [0.25, 0.3) is 0 Å². The number of hydrogen-bond acceptors (Lipinski definition) is 2. The van der Waals surface area contributed by atoms with E-state index in [0.717, 1.165) is 23.3 Å². The Bertz CT molecular complexity index is 873. The van der Waals surface area contributed by atoms with Crippen LogP contribution in [0.4, 0.5) is 0 Å². The van der Waals surface area contributed by atoms with Crippen molar-refractivity contribution in [3.05, 3.63) is 41.2 Å². The number of carbonyl (C=O) groups is 1. The van der Waals surface area contributed by atoms with Gasteiger partial charge in [0, 0.05) is 18.4 Å². The smallest absolute Gasteiger partial charge is 0.248 e. The SMILES string of the molecule is CCCC(=O)N=c1sc2c3ccccc3ccc2n1CC. The summed E-state index contributed by atoms with van der Waals surface area (Å²) in [6.07, 6.45) is 1.35. The third-order valence-electron chi connectivity index (χ3n) is 3.57. The summed E-state index contributed by atoms with van der Waals surface area (Å²) in [4.78, 5) is 17.0. The van der Waals surface area contributed by atoms with E-state index in [1.807, 2.05) is 13.0 Å². The third-order valence-corrected chi connectivity index (χ3v) is 4.70. The van der Waals surface area contributed by atoms with Crippen LogP contribution in [-0.4, -0.2) is 10.5 Å². The van der Waals surface area contributed by atoms with E-state index < -0.39 is 0 Å². The van der Waals surface area contributed by atoms with Crippen LogP contribution in [0, 0.1) is 0 Å². The Labute approximate surface area is 127 Å². The van der Waals surface area contributed by atoms with Crippen molar-refractivity contribution in [1.29, 1.82) is 0 Å². The minimum Gasteiger partial charge on any atom is -0.317 e. The van der Waals surface area contributed by atoms with E-state index in [-0.39, 0.29) is 5.91 Å². The number of carbonyl (C=O) groups excluding carboxylic acids is 1. The molecule has 3 nitrogen and oxygen atoms in total. The maximum absolute atomic E-state index is 11.8. The maximum atomic E-state index is 11.8. The fourth-order valence-electron chi connectivity index (χ4n) is 2.57. The zero-order chi connectivity index (χ0) is 14.8. The van der Waals surface area contributed by atoms with E-state index in [1.54, 1.807) is 11.3 Å². The molecule has 0 fully saturated rings. The van der Waals surface area contributed by atoms with Crippen LogP contribution in [0.1, 0.15) is 26.7 Å². The Morgan fingerprint density at radius 1 is 1.19 bits per heavy atom. The van der Waals surface area contributed by atoms with E-state index >= 15 is 0 Å². The molecule has 4 heteroatoms. The van der Waals surface area contributed by atoms with Gasteiger partial charge in [-0.25, -0.2) is 0 Å². The number of aromatic nitrogens is 1. The van der Waals surface area contributed by atoms with Gasteiger partial charge in [-0.05, 0) is 24.8 Å². The van der Waals surface area contributed by atoms with Gasteiger partial charge in [-0.1, -0.05) is 48.6 Å². The van der Waals surface area contributed by atoms with E-state index in [4.69, 9.17) is 0 Å². The van der Waals surface area contributed by atoms with Gasteiger partial charge in [-0.2, -0.15) is 4.99 Å². The first-order valence-electron chi connectivity index (χ1n) is 7.33. The van der Waals surface area contributed by atoms with Gasteiger partial charge in [-0.15, -0.1) is 0 Å². The van der Waals surface area contributed by atoms with Crippen molar-refractivity contribution in [2.45, 2.75) is 33.2 Å². The molecule has 2 aromatic carbocycles.